The van der Waals surface area contributed by atoms with E-state index >= 15 is 0 Å². The molecular formula is C18H24N4O2S. The molecule has 6 nitrogen and oxygen atoms in total. The number of nitrogens with one attached hydrogen (secondary N) is 2. The van der Waals surface area contributed by atoms with Gasteiger partial charge in [-0.15, -0.1) is 11.8 Å². The molecule has 2 aromatic rings. The Balaban J connectivity index is 1.96. The van der Waals surface area contributed by atoms with Crippen molar-refractivity contribution in [3.8, 4) is 0 Å². The van der Waals surface area contributed by atoms with Gasteiger partial charge in [-0.05, 0) is 44.5 Å². The molecule has 0 fully saturated rings. The van der Waals surface area contributed by atoms with Crippen molar-refractivity contribution in [3.63, 3.8) is 0 Å². The summed E-state index contributed by atoms with van der Waals surface area (Å²) in [6.07, 6.45) is 2.63. The Morgan fingerprint density at radius 1 is 1.16 bits per heavy atom. The summed E-state index contributed by atoms with van der Waals surface area (Å²) in [6, 6.07) is 9.48. The smallest absolute Gasteiger partial charge is 0.238 e. The Kier molecular flexibility index (Phi) is 6.64. The molecule has 2 rings (SSSR count). The third-order valence-corrected chi connectivity index (χ3v) is 4.90. The van der Waals surface area contributed by atoms with Crippen LogP contribution in [0.15, 0.2) is 41.4 Å². The second-order valence-corrected chi connectivity index (χ2v) is 7.29. The maximum atomic E-state index is 12.5. The van der Waals surface area contributed by atoms with E-state index in [1.54, 1.807) is 6.20 Å². The van der Waals surface area contributed by atoms with Crippen molar-refractivity contribution >= 4 is 35.1 Å². The summed E-state index contributed by atoms with van der Waals surface area (Å²) in [6.45, 7) is 7.49. The first-order chi connectivity index (χ1) is 11.9. The summed E-state index contributed by atoms with van der Waals surface area (Å²) >= 11 is 1.47. The summed E-state index contributed by atoms with van der Waals surface area (Å²) < 4.78 is 1.83. The van der Waals surface area contributed by atoms with Gasteiger partial charge in [0.25, 0.3) is 0 Å². The predicted octanol–water partition coefficient (Wildman–Crippen LogP) is 3.93. The van der Waals surface area contributed by atoms with Gasteiger partial charge in [-0.1, -0.05) is 6.92 Å². The van der Waals surface area contributed by atoms with E-state index in [-0.39, 0.29) is 23.1 Å². The lowest BCUT2D eigenvalue weighted by atomic mass is 10.3. The number of carbonyl (C=O) groups excluding carboxylic acids is 2. The van der Waals surface area contributed by atoms with E-state index in [9.17, 15) is 9.59 Å². The topological polar surface area (TPSA) is 76.0 Å². The van der Waals surface area contributed by atoms with E-state index in [2.05, 4.69) is 29.6 Å². The lowest BCUT2D eigenvalue weighted by Crippen LogP contribution is -2.24. The highest BCUT2D eigenvalue weighted by atomic mass is 32.2. The molecular weight excluding hydrogens is 336 g/mol. The summed E-state index contributed by atoms with van der Waals surface area (Å²) in [7, 11) is 0. The van der Waals surface area contributed by atoms with E-state index in [0.717, 1.165) is 17.0 Å². The number of rotatable bonds is 7. The van der Waals surface area contributed by atoms with Gasteiger partial charge in [-0.3, -0.25) is 9.59 Å². The summed E-state index contributed by atoms with van der Waals surface area (Å²) in [5.74, 6) is 0.542. The Hall–Kier alpha value is -2.28. The quantitative estimate of drug-likeness (QED) is 0.734. The molecule has 2 amide bonds. The maximum Gasteiger partial charge on any atom is 0.238 e. The number of anilines is 2. The molecule has 1 aromatic heterocycles. The minimum Gasteiger partial charge on any atom is -0.326 e. The third kappa shape index (κ3) is 5.35. The highest BCUT2D eigenvalue weighted by Gasteiger charge is 2.17. The van der Waals surface area contributed by atoms with Crippen molar-refractivity contribution in [2.24, 2.45) is 0 Å². The van der Waals surface area contributed by atoms with Crippen molar-refractivity contribution in [1.29, 1.82) is 0 Å². The highest BCUT2D eigenvalue weighted by Crippen LogP contribution is 2.26. The fraction of sp³-hybridized carbons (Fsp3) is 0.389. The fourth-order valence-electron chi connectivity index (χ4n) is 2.24. The van der Waals surface area contributed by atoms with Crippen molar-refractivity contribution in [2.45, 2.75) is 50.3 Å². The fourth-order valence-corrected chi connectivity index (χ4v) is 3.11. The molecule has 1 heterocycles. The van der Waals surface area contributed by atoms with Gasteiger partial charge in [0, 0.05) is 23.6 Å². The summed E-state index contributed by atoms with van der Waals surface area (Å²) in [4.78, 5) is 24.5. The van der Waals surface area contributed by atoms with Crippen LogP contribution in [0, 0.1) is 0 Å². The number of hydrogen-bond acceptors (Lipinski definition) is 4. The second kappa shape index (κ2) is 8.71. The molecule has 0 bridgehead atoms. The van der Waals surface area contributed by atoms with Crippen LogP contribution < -0.4 is 10.6 Å². The summed E-state index contributed by atoms with van der Waals surface area (Å²) in [5.41, 5.74) is 0.742. The van der Waals surface area contributed by atoms with Gasteiger partial charge in [-0.2, -0.15) is 5.10 Å². The molecule has 134 valence electrons. The zero-order valence-corrected chi connectivity index (χ0v) is 15.8. The van der Waals surface area contributed by atoms with Crippen molar-refractivity contribution in [1.82, 2.24) is 9.78 Å². The van der Waals surface area contributed by atoms with Crippen LogP contribution in [0.2, 0.25) is 0 Å². The van der Waals surface area contributed by atoms with Crippen LogP contribution in [0.5, 0.6) is 0 Å². The third-order valence-electron chi connectivity index (χ3n) is 3.79. The molecule has 2 atom stereocenters. The van der Waals surface area contributed by atoms with Crippen LogP contribution in [-0.4, -0.2) is 26.8 Å². The number of benzene rings is 1. The maximum absolute atomic E-state index is 12.5. The van der Waals surface area contributed by atoms with Crippen LogP contribution in [0.1, 0.15) is 40.2 Å². The Labute approximate surface area is 152 Å². The Morgan fingerprint density at radius 2 is 1.84 bits per heavy atom. The first-order valence-corrected chi connectivity index (χ1v) is 9.17. The van der Waals surface area contributed by atoms with Gasteiger partial charge in [0.1, 0.15) is 5.82 Å². The average Bonchev–Trinajstić information content (AvgIpc) is 3.03. The zero-order valence-electron chi connectivity index (χ0n) is 14.9. The first-order valence-electron chi connectivity index (χ1n) is 8.29. The van der Waals surface area contributed by atoms with Crippen LogP contribution in [0.3, 0.4) is 0 Å². The van der Waals surface area contributed by atoms with E-state index < -0.39 is 0 Å². The van der Waals surface area contributed by atoms with Gasteiger partial charge in [0.2, 0.25) is 11.8 Å². The van der Waals surface area contributed by atoms with Crippen molar-refractivity contribution in [3.05, 3.63) is 36.5 Å². The minimum atomic E-state index is -0.258. The lowest BCUT2D eigenvalue weighted by molar-refractivity contribution is -0.115. The van der Waals surface area contributed by atoms with Gasteiger partial charge in [0.15, 0.2) is 0 Å². The number of thioether (sulfide) groups is 1. The molecule has 2 unspecified atom stereocenters. The number of carbonyl (C=O) groups is 2. The molecule has 2 N–H and O–H groups in total. The standard InChI is InChI=1S/C18H24N4O2S/c1-5-12(2)22-17(10-11-19-22)21-18(24)13(3)25-16-8-6-15(7-9-16)20-14(4)23/h6-13H,5H2,1-4H3,(H,20,23)(H,21,24). The molecule has 0 aliphatic rings. The van der Waals surface area contributed by atoms with Gasteiger partial charge in [-0.25, -0.2) is 4.68 Å². The zero-order chi connectivity index (χ0) is 18.4. The second-order valence-electron chi connectivity index (χ2n) is 5.87. The summed E-state index contributed by atoms with van der Waals surface area (Å²) in [5, 5.41) is 9.69. The molecule has 0 saturated heterocycles. The highest BCUT2D eigenvalue weighted by molar-refractivity contribution is 8.00. The predicted molar refractivity (Wildman–Crippen MR) is 102 cm³/mol. The Morgan fingerprint density at radius 3 is 2.44 bits per heavy atom. The largest absolute Gasteiger partial charge is 0.326 e. The molecule has 0 saturated carbocycles. The van der Waals surface area contributed by atoms with Gasteiger partial charge < -0.3 is 10.6 Å². The molecule has 0 spiro atoms. The normalized spacial score (nSPS) is 13.1. The van der Waals surface area contributed by atoms with Crippen LogP contribution in [0.4, 0.5) is 11.5 Å². The molecule has 1 aromatic carbocycles. The van der Waals surface area contributed by atoms with Crippen LogP contribution >= 0.6 is 11.8 Å². The van der Waals surface area contributed by atoms with Crippen LogP contribution in [-0.2, 0) is 9.59 Å². The van der Waals surface area contributed by atoms with E-state index in [1.165, 1.54) is 18.7 Å². The SMILES string of the molecule is CCC(C)n1nccc1NC(=O)C(C)Sc1ccc(NC(C)=O)cc1. The number of hydrogen-bond donors (Lipinski definition) is 2. The number of nitrogens with zero attached hydrogens (tertiary/aromatic N) is 2. The van der Waals surface area contributed by atoms with E-state index in [4.69, 9.17) is 0 Å². The first kappa shape index (κ1) is 19.1. The van der Waals surface area contributed by atoms with E-state index in [0.29, 0.717) is 5.82 Å². The number of amides is 2. The molecule has 25 heavy (non-hydrogen) atoms. The molecule has 0 radical (unpaired) electrons. The number of aromatic nitrogens is 2. The van der Waals surface area contributed by atoms with Gasteiger partial charge in [0.05, 0.1) is 17.5 Å². The van der Waals surface area contributed by atoms with Crippen molar-refractivity contribution in [2.75, 3.05) is 10.6 Å². The minimum absolute atomic E-state index is 0.0685. The lowest BCUT2D eigenvalue weighted by Gasteiger charge is -2.16. The average molecular weight is 360 g/mol. The van der Waals surface area contributed by atoms with Crippen LogP contribution in [0.25, 0.3) is 0 Å². The monoisotopic (exact) mass is 360 g/mol. The Bertz CT molecular complexity index is 727. The molecule has 0 aliphatic heterocycles. The molecule has 7 heteroatoms. The van der Waals surface area contributed by atoms with E-state index in [1.807, 2.05) is 41.9 Å². The van der Waals surface area contributed by atoms with Crippen molar-refractivity contribution < 1.29 is 9.59 Å². The van der Waals surface area contributed by atoms with Gasteiger partial charge >= 0.3 is 0 Å². The molecule has 0 aliphatic carbocycles.